The number of fused-ring (bicyclic) bond motifs is 1. The van der Waals surface area contributed by atoms with Crippen LogP contribution in [-0.4, -0.2) is 12.2 Å². The van der Waals surface area contributed by atoms with Gasteiger partial charge in [0.2, 0.25) is 0 Å². The summed E-state index contributed by atoms with van der Waals surface area (Å²) < 4.78 is 5.97. The van der Waals surface area contributed by atoms with Gasteiger partial charge in [-0.1, -0.05) is 40.2 Å². The fourth-order valence-corrected chi connectivity index (χ4v) is 2.00. The average Bonchev–Trinajstić information content (AvgIpc) is 2.23. The van der Waals surface area contributed by atoms with E-state index >= 15 is 0 Å². The van der Waals surface area contributed by atoms with E-state index in [2.05, 4.69) is 15.9 Å². The van der Waals surface area contributed by atoms with Crippen LogP contribution in [0.25, 0.3) is 10.8 Å². The Hall–Kier alpha value is -1.22. The molecular formula is C11H9BrO2. The van der Waals surface area contributed by atoms with Crippen LogP contribution in [0.2, 0.25) is 0 Å². The van der Waals surface area contributed by atoms with Crippen LogP contribution in [0.5, 0.6) is 11.5 Å². The lowest BCUT2D eigenvalue weighted by Crippen LogP contribution is -1.85. The van der Waals surface area contributed by atoms with Crippen molar-refractivity contribution in [3.63, 3.8) is 0 Å². The third-order valence-corrected chi connectivity index (χ3v) is 2.81. The second kappa shape index (κ2) is 3.50. The Bertz CT molecular complexity index is 480. The minimum atomic E-state index is 0.186. The SMILES string of the molecule is COc1cc(Br)c2ccccc2c1O. The van der Waals surface area contributed by atoms with Crippen molar-refractivity contribution in [3.8, 4) is 11.5 Å². The molecule has 0 spiro atoms. The molecule has 0 aliphatic carbocycles. The van der Waals surface area contributed by atoms with Gasteiger partial charge < -0.3 is 9.84 Å². The molecule has 0 aliphatic heterocycles. The Morgan fingerprint density at radius 3 is 2.50 bits per heavy atom. The maximum atomic E-state index is 9.83. The molecule has 72 valence electrons. The highest BCUT2D eigenvalue weighted by atomic mass is 79.9. The number of benzene rings is 2. The average molecular weight is 253 g/mol. The van der Waals surface area contributed by atoms with Crippen LogP contribution in [0.4, 0.5) is 0 Å². The molecule has 0 bridgehead atoms. The van der Waals surface area contributed by atoms with Gasteiger partial charge >= 0.3 is 0 Å². The van der Waals surface area contributed by atoms with Crippen LogP contribution in [0.3, 0.4) is 0 Å². The largest absolute Gasteiger partial charge is 0.504 e. The molecule has 0 aromatic heterocycles. The van der Waals surface area contributed by atoms with Crippen molar-refractivity contribution < 1.29 is 9.84 Å². The first-order valence-electron chi connectivity index (χ1n) is 4.18. The predicted molar refractivity (Wildman–Crippen MR) is 59.9 cm³/mol. The molecule has 2 aromatic rings. The van der Waals surface area contributed by atoms with Crippen molar-refractivity contribution in [2.75, 3.05) is 7.11 Å². The maximum absolute atomic E-state index is 9.83. The summed E-state index contributed by atoms with van der Waals surface area (Å²) >= 11 is 3.43. The van der Waals surface area contributed by atoms with E-state index < -0.39 is 0 Å². The van der Waals surface area contributed by atoms with Crippen molar-refractivity contribution in [1.29, 1.82) is 0 Å². The van der Waals surface area contributed by atoms with Crippen molar-refractivity contribution >= 4 is 26.7 Å². The van der Waals surface area contributed by atoms with Gasteiger partial charge in [0.1, 0.15) is 0 Å². The van der Waals surface area contributed by atoms with E-state index in [0.29, 0.717) is 5.75 Å². The topological polar surface area (TPSA) is 29.5 Å². The molecule has 0 atom stereocenters. The van der Waals surface area contributed by atoms with Crippen molar-refractivity contribution in [2.45, 2.75) is 0 Å². The van der Waals surface area contributed by atoms with Crippen LogP contribution in [0.15, 0.2) is 34.8 Å². The lowest BCUT2D eigenvalue weighted by molar-refractivity contribution is 0.376. The zero-order chi connectivity index (χ0) is 10.1. The highest BCUT2D eigenvalue weighted by Gasteiger charge is 2.09. The number of phenolic OH excluding ortho intramolecular Hbond substituents is 1. The van der Waals surface area contributed by atoms with Gasteiger partial charge in [0, 0.05) is 9.86 Å². The molecule has 0 radical (unpaired) electrons. The number of phenols is 1. The van der Waals surface area contributed by atoms with Gasteiger partial charge in [0.15, 0.2) is 11.5 Å². The van der Waals surface area contributed by atoms with Crippen LogP contribution in [-0.2, 0) is 0 Å². The molecule has 2 nitrogen and oxygen atoms in total. The summed E-state index contributed by atoms with van der Waals surface area (Å²) in [6, 6.07) is 9.38. The fourth-order valence-electron chi connectivity index (χ4n) is 1.45. The number of hydrogen-bond acceptors (Lipinski definition) is 2. The minimum absolute atomic E-state index is 0.186. The van der Waals surface area contributed by atoms with Crippen molar-refractivity contribution in [2.24, 2.45) is 0 Å². The minimum Gasteiger partial charge on any atom is -0.504 e. The zero-order valence-electron chi connectivity index (χ0n) is 7.62. The summed E-state index contributed by atoms with van der Waals surface area (Å²) in [4.78, 5) is 0. The summed E-state index contributed by atoms with van der Waals surface area (Å²) in [5.41, 5.74) is 0. The summed E-state index contributed by atoms with van der Waals surface area (Å²) in [5.74, 6) is 0.668. The molecule has 0 aliphatic rings. The molecule has 2 aromatic carbocycles. The number of aromatic hydroxyl groups is 1. The molecule has 1 N–H and O–H groups in total. The molecule has 0 amide bonds. The number of methoxy groups -OCH3 is 1. The maximum Gasteiger partial charge on any atom is 0.165 e. The van der Waals surface area contributed by atoms with Gasteiger partial charge in [0.05, 0.1) is 7.11 Å². The second-order valence-electron chi connectivity index (χ2n) is 2.95. The molecular weight excluding hydrogens is 244 g/mol. The smallest absolute Gasteiger partial charge is 0.165 e. The molecule has 2 rings (SSSR count). The van der Waals surface area contributed by atoms with E-state index in [1.807, 2.05) is 24.3 Å². The van der Waals surface area contributed by atoms with Crippen LogP contribution >= 0.6 is 15.9 Å². The molecule has 14 heavy (non-hydrogen) atoms. The highest BCUT2D eigenvalue weighted by Crippen LogP contribution is 2.38. The molecule has 0 saturated carbocycles. The molecule has 3 heteroatoms. The lowest BCUT2D eigenvalue weighted by atomic mass is 10.1. The summed E-state index contributed by atoms with van der Waals surface area (Å²) in [5, 5.41) is 11.6. The summed E-state index contributed by atoms with van der Waals surface area (Å²) in [6.07, 6.45) is 0. The highest BCUT2D eigenvalue weighted by molar-refractivity contribution is 9.10. The first kappa shape index (κ1) is 9.34. The van der Waals surface area contributed by atoms with Crippen LogP contribution < -0.4 is 4.74 Å². The third-order valence-electron chi connectivity index (χ3n) is 2.15. The standard InChI is InChI=1S/C11H9BrO2/c1-14-10-6-9(12)7-4-2-3-5-8(7)11(10)13/h2-6,13H,1H3. The second-order valence-corrected chi connectivity index (χ2v) is 3.81. The summed E-state index contributed by atoms with van der Waals surface area (Å²) in [6.45, 7) is 0. The van der Waals surface area contributed by atoms with Gasteiger partial charge in [-0.15, -0.1) is 0 Å². The van der Waals surface area contributed by atoms with E-state index in [4.69, 9.17) is 4.74 Å². The van der Waals surface area contributed by atoms with Crippen molar-refractivity contribution in [3.05, 3.63) is 34.8 Å². The third kappa shape index (κ3) is 1.34. The Labute approximate surface area is 90.3 Å². The number of halogens is 1. The number of hydrogen-bond donors (Lipinski definition) is 1. The van der Waals surface area contributed by atoms with E-state index in [1.54, 1.807) is 6.07 Å². The molecule has 0 unspecified atom stereocenters. The Morgan fingerprint density at radius 1 is 1.21 bits per heavy atom. The monoisotopic (exact) mass is 252 g/mol. The molecule has 0 saturated heterocycles. The quantitative estimate of drug-likeness (QED) is 0.844. The predicted octanol–water partition coefficient (Wildman–Crippen LogP) is 3.32. The zero-order valence-corrected chi connectivity index (χ0v) is 9.21. The van der Waals surface area contributed by atoms with E-state index in [1.165, 1.54) is 7.11 Å². The van der Waals surface area contributed by atoms with Gasteiger partial charge in [0.25, 0.3) is 0 Å². The van der Waals surface area contributed by atoms with Gasteiger partial charge in [-0.25, -0.2) is 0 Å². The first-order valence-corrected chi connectivity index (χ1v) is 4.97. The van der Waals surface area contributed by atoms with Gasteiger partial charge in [-0.2, -0.15) is 0 Å². The lowest BCUT2D eigenvalue weighted by Gasteiger charge is -2.08. The molecule has 0 heterocycles. The summed E-state index contributed by atoms with van der Waals surface area (Å²) in [7, 11) is 1.54. The van der Waals surface area contributed by atoms with Gasteiger partial charge in [-0.05, 0) is 11.5 Å². The Kier molecular flexibility index (Phi) is 2.33. The normalized spacial score (nSPS) is 10.4. The van der Waals surface area contributed by atoms with Crippen LogP contribution in [0, 0.1) is 0 Å². The first-order chi connectivity index (χ1) is 6.74. The van der Waals surface area contributed by atoms with E-state index in [0.717, 1.165) is 15.2 Å². The number of rotatable bonds is 1. The van der Waals surface area contributed by atoms with E-state index in [9.17, 15) is 5.11 Å². The van der Waals surface area contributed by atoms with Gasteiger partial charge in [-0.3, -0.25) is 0 Å². The number of ether oxygens (including phenoxy) is 1. The van der Waals surface area contributed by atoms with E-state index in [-0.39, 0.29) is 5.75 Å². The Morgan fingerprint density at radius 2 is 1.86 bits per heavy atom. The fraction of sp³-hybridized carbons (Fsp3) is 0.0909. The van der Waals surface area contributed by atoms with Crippen molar-refractivity contribution in [1.82, 2.24) is 0 Å². The Balaban J connectivity index is 2.87. The van der Waals surface area contributed by atoms with Crippen LogP contribution in [0.1, 0.15) is 0 Å². The molecule has 0 fully saturated rings.